The second-order valence-corrected chi connectivity index (χ2v) is 9.65. The molecule has 37 heavy (non-hydrogen) atoms. The molecule has 4 aromatic rings. The summed E-state index contributed by atoms with van der Waals surface area (Å²) in [6.45, 7) is 3.97. The molecular formula is C30H34N4O3. The first-order chi connectivity index (χ1) is 17.9. The Labute approximate surface area is 217 Å². The number of nitrogens with zero attached hydrogens (tertiary/aromatic N) is 3. The van der Waals surface area contributed by atoms with Crippen LogP contribution < -0.4 is 0 Å². The van der Waals surface area contributed by atoms with Crippen molar-refractivity contribution < 1.29 is 9.72 Å². The predicted molar refractivity (Wildman–Crippen MR) is 148 cm³/mol. The van der Waals surface area contributed by atoms with Gasteiger partial charge in [0.1, 0.15) is 0 Å². The van der Waals surface area contributed by atoms with Crippen LogP contribution in [0.1, 0.15) is 41.5 Å². The summed E-state index contributed by atoms with van der Waals surface area (Å²) in [6, 6.07) is 22.8. The molecule has 7 nitrogen and oxygen atoms in total. The summed E-state index contributed by atoms with van der Waals surface area (Å²) >= 11 is 0. The number of nitro groups is 1. The van der Waals surface area contributed by atoms with Gasteiger partial charge in [0.05, 0.1) is 4.92 Å². The van der Waals surface area contributed by atoms with Gasteiger partial charge >= 0.3 is 0 Å². The SMILES string of the molecule is CCc1cccc2c([C@H](CC(=O)N(CCN(C)C)Cc3ccccc3)c3cccc([N+](=O)[O-])c3)c[nH]c12. The average molecular weight is 499 g/mol. The number of aromatic amines is 1. The fourth-order valence-electron chi connectivity index (χ4n) is 4.80. The van der Waals surface area contributed by atoms with E-state index in [-0.39, 0.29) is 28.9 Å². The van der Waals surface area contributed by atoms with Crippen molar-refractivity contribution in [1.82, 2.24) is 14.8 Å². The van der Waals surface area contributed by atoms with Crippen LogP contribution in [0.2, 0.25) is 0 Å². The molecule has 3 aromatic carbocycles. The molecule has 7 heteroatoms. The van der Waals surface area contributed by atoms with Crippen molar-refractivity contribution in [1.29, 1.82) is 0 Å². The molecule has 0 spiro atoms. The minimum absolute atomic E-state index is 0.0169. The molecule has 1 N–H and O–H groups in total. The molecule has 0 aliphatic heterocycles. The normalized spacial score (nSPS) is 12.1. The number of nitrogens with one attached hydrogen (secondary N) is 1. The molecule has 0 aliphatic rings. The van der Waals surface area contributed by atoms with Gasteiger partial charge in [0.25, 0.3) is 5.69 Å². The molecule has 192 valence electrons. The van der Waals surface area contributed by atoms with Gasteiger partial charge in [-0.2, -0.15) is 0 Å². The Morgan fingerprint density at radius 1 is 1.00 bits per heavy atom. The molecule has 4 rings (SSSR count). The molecule has 1 amide bonds. The second kappa shape index (κ2) is 11.8. The highest BCUT2D eigenvalue weighted by atomic mass is 16.6. The number of amides is 1. The summed E-state index contributed by atoms with van der Waals surface area (Å²) in [5.41, 5.74) is 5.09. The van der Waals surface area contributed by atoms with Crippen LogP contribution in [0.4, 0.5) is 5.69 Å². The van der Waals surface area contributed by atoms with Crippen molar-refractivity contribution in [3.05, 3.63) is 111 Å². The minimum Gasteiger partial charge on any atom is -0.361 e. The van der Waals surface area contributed by atoms with Crippen LogP contribution in [0.5, 0.6) is 0 Å². The predicted octanol–water partition coefficient (Wildman–Crippen LogP) is 5.75. The lowest BCUT2D eigenvalue weighted by atomic mass is 9.87. The smallest absolute Gasteiger partial charge is 0.269 e. The Hall–Kier alpha value is -3.97. The summed E-state index contributed by atoms with van der Waals surface area (Å²) in [4.78, 5) is 32.4. The van der Waals surface area contributed by atoms with Gasteiger partial charge in [-0.1, -0.05) is 67.6 Å². The van der Waals surface area contributed by atoms with Gasteiger partial charge < -0.3 is 14.8 Å². The number of hydrogen-bond acceptors (Lipinski definition) is 4. The Morgan fingerprint density at radius 2 is 1.76 bits per heavy atom. The lowest BCUT2D eigenvalue weighted by molar-refractivity contribution is -0.384. The minimum atomic E-state index is -0.383. The number of hydrogen-bond donors (Lipinski definition) is 1. The van der Waals surface area contributed by atoms with E-state index >= 15 is 0 Å². The molecule has 0 bridgehead atoms. The van der Waals surface area contributed by atoms with Gasteiger partial charge in [-0.15, -0.1) is 0 Å². The van der Waals surface area contributed by atoms with E-state index in [4.69, 9.17) is 0 Å². The van der Waals surface area contributed by atoms with Crippen molar-refractivity contribution in [2.75, 3.05) is 27.2 Å². The van der Waals surface area contributed by atoms with Crippen LogP contribution in [0, 0.1) is 10.1 Å². The monoisotopic (exact) mass is 498 g/mol. The van der Waals surface area contributed by atoms with Gasteiger partial charge in [-0.05, 0) is 42.8 Å². The zero-order valence-corrected chi connectivity index (χ0v) is 21.7. The third-order valence-electron chi connectivity index (χ3n) is 6.84. The molecule has 0 radical (unpaired) electrons. The van der Waals surface area contributed by atoms with Crippen LogP contribution in [0.3, 0.4) is 0 Å². The number of para-hydroxylation sites is 1. The van der Waals surface area contributed by atoms with Gasteiger partial charge in [0.15, 0.2) is 0 Å². The first-order valence-electron chi connectivity index (χ1n) is 12.7. The van der Waals surface area contributed by atoms with Crippen molar-refractivity contribution in [2.24, 2.45) is 0 Å². The maximum absolute atomic E-state index is 13.9. The number of rotatable bonds is 11. The first-order valence-corrected chi connectivity index (χ1v) is 12.7. The number of aryl methyl sites for hydroxylation is 1. The number of benzene rings is 3. The third kappa shape index (κ3) is 6.24. The molecule has 1 atom stereocenters. The maximum atomic E-state index is 13.9. The van der Waals surface area contributed by atoms with Crippen molar-refractivity contribution in [3.8, 4) is 0 Å². The van der Waals surface area contributed by atoms with Gasteiger partial charge in [0, 0.05) is 61.2 Å². The van der Waals surface area contributed by atoms with E-state index in [2.05, 4.69) is 28.9 Å². The topological polar surface area (TPSA) is 82.5 Å². The number of carbonyl (C=O) groups is 1. The summed E-state index contributed by atoms with van der Waals surface area (Å²) in [5.74, 6) is -0.311. The summed E-state index contributed by atoms with van der Waals surface area (Å²) < 4.78 is 0. The highest BCUT2D eigenvalue weighted by Gasteiger charge is 2.26. The van der Waals surface area contributed by atoms with E-state index in [1.165, 1.54) is 11.6 Å². The second-order valence-electron chi connectivity index (χ2n) is 9.65. The molecule has 0 saturated carbocycles. The van der Waals surface area contributed by atoms with Crippen molar-refractivity contribution in [3.63, 3.8) is 0 Å². The highest BCUT2D eigenvalue weighted by molar-refractivity contribution is 5.88. The Morgan fingerprint density at radius 3 is 2.46 bits per heavy atom. The fraction of sp³-hybridized carbons (Fsp3) is 0.300. The lowest BCUT2D eigenvalue weighted by Crippen LogP contribution is -2.37. The van der Waals surface area contributed by atoms with Gasteiger partial charge in [-0.3, -0.25) is 14.9 Å². The van der Waals surface area contributed by atoms with Crippen LogP contribution in [-0.2, 0) is 17.8 Å². The number of fused-ring (bicyclic) bond motifs is 1. The fourth-order valence-corrected chi connectivity index (χ4v) is 4.80. The number of non-ortho nitro benzene ring substituents is 1. The number of H-pyrrole nitrogens is 1. The molecular weight excluding hydrogens is 464 g/mol. The lowest BCUT2D eigenvalue weighted by Gasteiger charge is -2.27. The standard InChI is InChI=1S/C30H34N4O3/c1-4-23-12-9-15-26-28(20-31-30(23)26)27(24-13-8-14-25(18-24)34(36)37)19-29(35)33(17-16-32(2)3)21-22-10-6-5-7-11-22/h5-15,18,20,27,31H,4,16-17,19,21H2,1-3H3/t27-/m1/s1. The zero-order chi connectivity index (χ0) is 26.4. The Balaban J connectivity index is 1.73. The summed E-state index contributed by atoms with van der Waals surface area (Å²) in [7, 11) is 3.99. The van der Waals surface area contributed by atoms with Crippen molar-refractivity contribution >= 4 is 22.5 Å². The summed E-state index contributed by atoms with van der Waals surface area (Å²) in [6.07, 6.45) is 3.06. The van der Waals surface area contributed by atoms with Gasteiger partial charge in [0.2, 0.25) is 5.91 Å². The Kier molecular flexibility index (Phi) is 8.36. The molecule has 0 fully saturated rings. The first kappa shape index (κ1) is 26.1. The molecule has 1 heterocycles. The van der Waals surface area contributed by atoms with Crippen molar-refractivity contribution in [2.45, 2.75) is 32.2 Å². The van der Waals surface area contributed by atoms with E-state index in [1.54, 1.807) is 12.1 Å². The van der Waals surface area contributed by atoms with Crippen LogP contribution in [0.25, 0.3) is 10.9 Å². The third-order valence-corrected chi connectivity index (χ3v) is 6.84. The number of nitro benzene ring substituents is 1. The Bertz CT molecular complexity index is 1360. The maximum Gasteiger partial charge on any atom is 0.269 e. The quantitative estimate of drug-likeness (QED) is 0.211. The van der Waals surface area contributed by atoms with E-state index in [9.17, 15) is 14.9 Å². The molecule has 1 aromatic heterocycles. The van der Waals surface area contributed by atoms with E-state index < -0.39 is 0 Å². The molecule has 0 unspecified atom stereocenters. The van der Waals surface area contributed by atoms with E-state index in [0.717, 1.165) is 40.6 Å². The van der Waals surface area contributed by atoms with Crippen LogP contribution in [0.15, 0.2) is 79.0 Å². The molecule has 0 aliphatic carbocycles. The number of carbonyl (C=O) groups excluding carboxylic acids is 1. The van der Waals surface area contributed by atoms with E-state index in [1.807, 2.05) is 67.7 Å². The zero-order valence-electron chi connectivity index (χ0n) is 21.7. The summed E-state index contributed by atoms with van der Waals surface area (Å²) in [5, 5.41) is 12.6. The molecule has 0 saturated heterocycles. The van der Waals surface area contributed by atoms with E-state index in [0.29, 0.717) is 13.1 Å². The van der Waals surface area contributed by atoms with Crippen LogP contribution >= 0.6 is 0 Å². The van der Waals surface area contributed by atoms with Gasteiger partial charge in [-0.25, -0.2) is 0 Å². The number of likely N-dealkylation sites (N-methyl/N-ethyl adjacent to an activating group) is 1. The average Bonchev–Trinajstić information content (AvgIpc) is 3.34. The van der Waals surface area contributed by atoms with Crippen LogP contribution in [-0.4, -0.2) is 52.8 Å². The number of aromatic nitrogens is 1. The highest BCUT2D eigenvalue weighted by Crippen LogP contribution is 2.36. The largest absolute Gasteiger partial charge is 0.361 e.